The molecule has 0 amide bonds. The molecule has 188 valence electrons. The van der Waals surface area contributed by atoms with Crippen LogP contribution < -0.4 is 9.79 Å². The third kappa shape index (κ3) is 5.43. The number of hydrogen-bond donors (Lipinski definition) is 0. The van der Waals surface area contributed by atoms with Crippen molar-refractivity contribution in [3.63, 3.8) is 0 Å². The third-order valence-corrected chi connectivity index (χ3v) is 11.4. The van der Waals surface area contributed by atoms with Gasteiger partial charge in [-0.2, -0.15) is 0 Å². The summed E-state index contributed by atoms with van der Waals surface area (Å²) < 4.78 is 27.9. The first-order valence-electron chi connectivity index (χ1n) is 10.6. The molecule has 2 aromatic rings. The SMILES string of the molecule is CC1(C)CO[P+]([O-])(OP2([O-])(Cl)OCC(C)(C)[C@H](c3ccccc3Cl)O2)O[C@H]1c1ccccc1Cl. The third-order valence-electron chi connectivity index (χ3n) is 5.77. The van der Waals surface area contributed by atoms with Crippen LogP contribution in [-0.4, -0.2) is 13.2 Å². The van der Waals surface area contributed by atoms with Crippen LogP contribution in [0.5, 0.6) is 0 Å². The summed E-state index contributed by atoms with van der Waals surface area (Å²) in [5.41, 5.74) is -0.231. The predicted molar refractivity (Wildman–Crippen MR) is 131 cm³/mol. The molecular weight excluding hydrogens is 545 g/mol. The Morgan fingerprint density at radius 3 is 1.97 bits per heavy atom. The second-order valence-electron chi connectivity index (χ2n) is 9.79. The average Bonchev–Trinajstić information content (AvgIpc) is 2.74. The second-order valence-corrected chi connectivity index (χ2v) is 16.2. The fraction of sp³-hybridized carbons (Fsp3) is 0.455. The zero-order valence-corrected chi connectivity index (χ0v) is 23.1. The van der Waals surface area contributed by atoms with Crippen molar-refractivity contribution < 1.29 is 32.2 Å². The molecule has 0 bridgehead atoms. The molecule has 2 aromatic carbocycles. The Morgan fingerprint density at radius 2 is 1.41 bits per heavy atom. The van der Waals surface area contributed by atoms with Gasteiger partial charge in [0, 0.05) is 0 Å². The Hall–Kier alpha value is -0.110. The molecule has 0 N–H and O–H groups in total. The van der Waals surface area contributed by atoms with Crippen LogP contribution in [0.25, 0.3) is 0 Å². The molecule has 1 unspecified atom stereocenters. The van der Waals surface area contributed by atoms with Gasteiger partial charge in [0.1, 0.15) is 0 Å². The first-order valence-corrected chi connectivity index (χ1v) is 15.6. The number of rotatable bonds is 4. The van der Waals surface area contributed by atoms with E-state index in [1.54, 1.807) is 48.5 Å². The van der Waals surface area contributed by atoms with Gasteiger partial charge in [-0.05, 0) is 0 Å². The molecule has 3 atom stereocenters. The van der Waals surface area contributed by atoms with Gasteiger partial charge in [0.25, 0.3) is 0 Å². The Balaban J connectivity index is 1.65. The van der Waals surface area contributed by atoms with E-state index in [1.807, 2.05) is 27.7 Å². The number of hydrogen-bond acceptors (Lipinski definition) is 7. The van der Waals surface area contributed by atoms with Gasteiger partial charge in [-0.25, -0.2) is 0 Å². The van der Waals surface area contributed by atoms with Gasteiger partial charge in [-0.3, -0.25) is 0 Å². The molecule has 34 heavy (non-hydrogen) atoms. The van der Waals surface area contributed by atoms with Crippen molar-refractivity contribution in [2.24, 2.45) is 10.8 Å². The van der Waals surface area contributed by atoms with Crippen molar-refractivity contribution in [3.05, 3.63) is 69.7 Å². The van der Waals surface area contributed by atoms with E-state index in [0.717, 1.165) is 0 Å². The normalized spacial score (nSPS) is 32.9. The van der Waals surface area contributed by atoms with Gasteiger partial charge >= 0.3 is 215 Å². The maximum atomic E-state index is 13.9. The molecule has 0 saturated carbocycles. The van der Waals surface area contributed by atoms with Crippen LogP contribution in [0.2, 0.25) is 10.0 Å². The van der Waals surface area contributed by atoms with E-state index in [1.165, 1.54) is 0 Å². The van der Waals surface area contributed by atoms with Crippen molar-refractivity contribution in [1.82, 2.24) is 0 Å². The van der Waals surface area contributed by atoms with Crippen molar-refractivity contribution in [1.29, 1.82) is 0 Å². The maximum absolute atomic E-state index is 13.9. The summed E-state index contributed by atoms with van der Waals surface area (Å²) in [6.07, 6.45) is -1.70. The van der Waals surface area contributed by atoms with Crippen LogP contribution in [0, 0.1) is 10.8 Å². The Labute approximate surface area is 214 Å². The molecule has 0 spiro atoms. The first kappa shape index (κ1) is 26.9. The van der Waals surface area contributed by atoms with Gasteiger partial charge in [0.2, 0.25) is 0 Å². The van der Waals surface area contributed by atoms with E-state index < -0.39 is 38.1 Å². The number of phosphoric ester groups is 1. The van der Waals surface area contributed by atoms with E-state index in [4.69, 9.17) is 56.8 Å². The minimum absolute atomic E-state index is 0.0526. The fourth-order valence-corrected chi connectivity index (χ4v) is 9.94. The molecule has 2 fully saturated rings. The standard InChI is InChI=1S/C22H26Cl3O7P2/c1-21(2)13-28-33(26,30-19(21)15-9-5-7-11-17(15)23)32-34(25,27)29-14-22(3,4)20(31-34)16-10-6-8-12-18(16)24/h5-12,19-20H,13-14H2,1-4H3/q-1/t19-,20-,33?/m0/s1. The second kappa shape index (κ2) is 9.02. The minimum atomic E-state index is -5.73. The Morgan fingerprint density at radius 1 is 0.912 bits per heavy atom. The number of phosphoric acid groups is 1. The molecular formula is C22H26Cl3O7P2-. The van der Waals surface area contributed by atoms with E-state index in [-0.39, 0.29) is 13.2 Å². The summed E-state index contributed by atoms with van der Waals surface area (Å²) >= 11 is 19.1. The zero-order valence-electron chi connectivity index (χ0n) is 19.1. The monoisotopic (exact) mass is 569 g/mol. The van der Waals surface area contributed by atoms with Gasteiger partial charge in [0.15, 0.2) is 0 Å². The van der Waals surface area contributed by atoms with Crippen LogP contribution >= 0.6 is 49.5 Å². The van der Waals surface area contributed by atoms with Crippen LogP contribution in [0.3, 0.4) is 0 Å². The van der Waals surface area contributed by atoms with E-state index in [9.17, 15) is 9.79 Å². The summed E-state index contributed by atoms with van der Waals surface area (Å²) in [5.74, 6) is 0. The molecule has 2 aliphatic rings. The summed E-state index contributed by atoms with van der Waals surface area (Å²) in [6, 6.07) is 13.9. The first-order chi connectivity index (χ1) is 15.6. The average molecular weight is 571 g/mol. The van der Waals surface area contributed by atoms with Gasteiger partial charge < -0.3 is 0 Å². The Kier molecular flexibility index (Phi) is 7.15. The van der Waals surface area contributed by atoms with E-state index in [2.05, 4.69) is 0 Å². The summed E-state index contributed by atoms with van der Waals surface area (Å²) in [6.45, 7) is 1.47. The molecule has 7 nitrogen and oxygen atoms in total. The molecule has 2 aliphatic heterocycles. The van der Waals surface area contributed by atoms with E-state index >= 15 is 0 Å². The van der Waals surface area contributed by atoms with Crippen molar-refractivity contribution >= 4 is 49.5 Å². The quantitative estimate of drug-likeness (QED) is 0.378. The zero-order chi connectivity index (χ0) is 25.0. The molecule has 4 rings (SSSR count). The van der Waals surface area contributed by atoms with Gasteiger partial charge in [0.05, 0.1) is 0 Å². The molecule has 2 saturated heterocycles. The molecule has 0 aromatic heterocycles. The topological polar surface area (TPSA) is 92.3 Å². The molecule has 12 heteroatoms. The van der Waals surface area contributed by atoms with Crippen LogP contribution in [0.15, 0.2) is 48.5 Å². The van der Waals surface area contributed by atoms with Crippen LogP contribution in [-0.2, 0) is 22.4 Å². The molecule has 0 aliphatic carbocycles. The summed E-state index contributed by atoms with van der Waals surface area (Å²) in [7, 11) is -4.53. The van der Waals surface area contributed by atoms with E-state index in [0.29, 0.717) is 21.2 Å². The number of benzene rings is 2. The van der Waals surface area contributed by atoms with Crippen LogP contribution in [0.4, 0.5) is 0 Å². The van der Waals surface area contributed by atoms with Gasteiger partial charge in [-0.1, -0.05) is 0 Å². The van der Waals surface area contributed by atoms with Crippen molar-refractivity contribution in [3.8, 4) is 0 Å². The fourth-order valence-electron chi connectivity index (χ4n) is 3.89. The van der Waals surface area contributed by atoms with Crippen molar-refractivity contribution in [2.45, 2.75) is 39.9 Å². The summed E-state index contributed by atoms with van der Waals surface area (Å²) in [4.78, 5) is 27.5. The molecule has 2 heterocycles. The Bertz CT molecular complexity index is 1080. The van der Waals surface area contributed by atoms with Crippen LogP contribution in [0.1, 0.15) is 51.0 Å². The predicted octanol–water partition coefficient (Wildman–Crippen LogP) is 6.70. The number of halogens is 3. The van der Waals surface area contributed by atoms with Gasteiger partial charge in [-0.15, -0.1) is 0 Å². The van der Waals surface area contributed by atoms with Crippen molar-refractivity contribution in [2.75, 3.05) is 13.2 Å². The summed E-state index contributed by atoms with van der Waals surface area (Å²) in [5, 5.41) is 0.795. The molecule has 0 radical (unpaired) electrons.